The van der Waals surface area contributed by atoms with Crippen molar-refractivity contribution in [1.82, 2.24) is 0 Å². The molecule has 0 N–H and O–H groups in total. The minimum atomic E-state index is -4.71. The molecule has 0 unspecified atom stereocenters. The zero-order valence-electron chi connectivity index (χ0n) is 20.0. The number of carbonyl (C=O) groups excluding carboxylic acids is 1. The number of hydrogen-bond donors (Lipinski definition) is 0. The van der Waals surface area contributed by atoms with Crippen molar-refractivity contribution in [3.05, 3.63) is 111 Å². The van der Waals surface area contributed by atoms with Gasteiger partial charge in [0.2, 0.25) is 0 Å². The van der Waals surface area contributed by atoms with Crippen molar-refractivity contribution >= 4 is 17.4 Å². The third-order valence-electron chi connectivity index (χ3n) is 5.08. The van der Waals surface area contributed by atoms with E-state index in [4.69, 9.17) is 4.74 Å². The van der Waals surface area contributed by atoms with Gasteiger partial charge in [0.15, 0.2) is 6.04 Å². The summed E-state index contributed by atoms with van der Waals surface area (Å²) >= 11 is 0. The first-order valence-corrected chi connectivity index (χ1v) is 11.1. The summed E-state index contributed by atoms with van der Waals surface area (Å²) in [6.45, 7) is 4.94. The fourth-order valence-corrected chi connectivity index (χ4v) is 3.53. The predicted octanol–water partition coefficient (Wildman–Crippen LogP) is 6.40. The highest BCUT2D eigenvalue weighted by Gasteiger charge is 2.34. The molecule has 0 saturated carbocycles. The van der Waals surface area contributed by atoms with Crippen LogP contribution in [0.5, 0.6) is 0 Å². The number of hydrogen-bond acceptors (Lipinski definition) is 5. The number of nitro benzene ring substituents is 1. The van der Waals surface area contributed by atoms with E-state index in [0.717, 1.165) is 6.07 Å². The van der Waals surface area contributed by atoms with Gasteiger partial charge in [-0.15, -0.1) is 0 Å². The number of nitrogens with zero attached hydrogens (tertiary/aromatic N) is 2. The van der Waals surface area contributed by atoms with E-state index in [1.54, 1.807) is 69.3 Å². The summed E-state index contributed by atoms with van der Waals surface area (Å²) < 4.78 is 45.7. The number of nitro groups is 1. The highest BCUT2D eigenvalue weighted by atomic mass is 19.4. The van der Waals surface area contributed by atoms with Crippen LogP contribution in [0, 0.1) is 10.1 Å². The van der Waals surface area contributed by atoms with Crippen LogP contribution < -0.4 is 0 Å². The second-order valence-electron chi connectivity index (χ2n) is 9.06. The molecule has 9 heteroatoms. The first-order valence-electron chi connectivity index (χ1n) is 11.1. The second-order valence-corrected chi connectivity index (χ2v) is 9.06. The average molecular weight is 499 g/mol. The van der Waals surface area contributed by atoms with Crippen LogP contribution in [0.3, 0.4) is 0 Å². The summed E-state index contributed by atoms with van der Waals surface area (Å²) in [5, 5.41) is 11.6. The zero-order valence-corrected chi connectivity index (χ0v) is 20.0. The Morgan fingerprint density at radius 3 is 1.92 bits per heavy atom. The molecule has 1 atom stereocenters. The number of esters is 1. The summed E-state index contributed by atoms with van der Waals surface area (Å²) in [4.78, 5) is 28.7. The van der Waals surface area contributed by atoms with E-state index < -0.39 is 46.4 Å². The fourth-order valence-electron chi connectivity index (χ4n) is 3.53. The first-order chi connectivity index (χ1) is 16.8. The highest BCUT2D eigenvalue weighted by molar-refractivity contribution is 6.13. The maximum Gasteiger partial charge on any atom is 0.416 e. The van der Waals surface area contributed by atoms with Gasteiger partial charge < -0.3 is 4.74 Å². The van der Waals surface area contributed by atoms with Gasteiger partial charge in [-0.2, -0.15) is 13.2 Å². The van der Waals surface area contributed by atoms with Crippen molar-refractivity contribution in [2.45, 2.75) is 45.0 Å². The smallest absolute Gasteiger partial charge is 0.416 e. The SMILES string of the molecule is CC(C)(C)OC(=O)[C@H](Cc1cc(C(F)(F)F)ccc1[N+](=O)[O-])N=C(c1ccccc1)c1ccccc1. The third kappa shape index (κ3) is 7.00. The number of rotatable bonds is 7. The van der Waals surface area contributed by atoms with Crippen molar-refractivity contribution in [1.29, 1.82) is 0 Å². The standard InChI is InChI=1S/C27H25F3N2O4/c1-26(2,3)36-25(33)22(17-20-16-21(27(28,29)30)14-15-23(20)32(34)35)31-24(18-10-6-4-7-11-18)19-12-8-5-9-13-19/h4-16,22H,17H2,1-3H3/t22-/m0/s1. The largest absolute Gasteiger partial charge is 0.458 e. The molecular weight excluding hydrogens is 473 g/mol. The van der Waals surface area contributed by atoms with Gasteiger partial charge in [0.1, 0.15) is 5.60 Å². The lowest BCUT2D eigenvalue weighted by atomic mass is 9.99. The van der Waals surface area contributed by atoms with Gasteiger partial charge in [-0.1, -0.05) is 60.7 Å². The molecule has 0 aromatic heterocycles. The van der Waals surface area contributed by atoms with Crippen LogP contribution in [-0.2, 0) is 22.1 Å². The van der Waals surface area contributed by atoms with E-state index in [-0.39, 0.29) is 5.56 Å². The van der Waals surface area contributed by atoms with Crippen molar-refractivity contribution < 1.29 is 27.6 Å². The van der Waals surface area contributed by atoms with Crippen LogP contribution in [0.15, 0.2) is 83.9 Å². The predicted molar refractivity (Wildman–Crippen MR) is 130 cm³/mol. The maximum atomic E-state index is 13.4. The van der Waals surface area contributed by atoms with Crippen molar-refractivity contribution in [3.63, 3.8) is 0 Å². The third-order valence-corrected chi connectivity index (χ3v) is 5.08. The van der Waals surface area contributed by atoms with Crippen LogP contribution in [0.25, 0.3) is 0 Å². The number of alkyl halides is 3. The van der Waals surface area contributed by atoms with Crippen LogP contribution >= 0.6 is 0 Å². The van der Waals surface area contributed by atoms with E-state index in [2.05, 4.69) is 4.99 Å². The van der Waals surface area contributed by atoms with E-state index >= 15 is 0 Å². The summed E-state index contributed by atoms with van der Waals surface area (Å²) in [6.07, 6.45) is -5.17. The van der Waals surface area contributed by atoms with Gasteiger partial charge in [-0.25, -0.2) is 4.79 Å². The summed E-state index contributed by atoms with van der Waals surface area (Å²) in [7, 11) is 0. The Morgan fingerprint density at radius 1 is 0.944 bits per heavy atom. The average Bonchev–Trinajstić information content (AvgIpc) is 2.81. The highest BCUT2D eigenvalue weighted by Crippen LogP contribution is 2.33. The molecule has 0 fully saturated rings. The Kier molecular flexibility index (Phi) is 7.92. The van der Waals surface area contributed by atoms with Gasteiger partial charge in [0, 0.05) is 29.2 Å². The quantitative estimate of drug-likeness (QED) is 0.163. The summed E-state index contributed by atoms with van der Waals surface area (Å²) in [5.74, 6) is -0.807. The molecule has 3 aromatic carbocycles. The lowest BCUT2D eigenvalue weighted by molar-refractivity contribution is -0.385. The van der Waals surface area contributed by atoms with Crippen molar-refractivity contribution in [3.8, 4) is 0 Å². The lowest BCUT2D eigenvalue weighted by Gasteiger charge is -2.23. The molecule has 0 radical (unpaired) electrons. The Hall–Kier alpha value is -4.01. The minimum absolute atomic E-state index is 0.269. The molecule has 0 amide bonds. The summed E-state index contributed by atoms with van der Waals surface area (Å²) in [5.41, 5.74) is -1.04. The number of carbonyl (C=O) groups is 1. The molecule has 188 valence electrons. The van der Waals surface area contributed by atoms with Crippen molar-refractivity contribution in [2.24, 2.45) is 4.99 Å². The van der Waals surface area contributed by atoms with Crippen LogP contribution in [0.2, 0.25) is 0 Å². The normalized spacial score (nSPS) is 12.5. The fraction of sp³-hybridized carbons (Fsp3) is 0.259. The van der Waals surface area contributed by atoms with Crippen LogP contribution in [0.1, 0.15) is 43.0 Å². The number of halogens is 3. The maximum absolute atomic E-state index is 13.4. The molecular formula is C27H25F3N2O4. The molecule has 3 aromatic rings. The molecule has 36 heavy (non-hydrogen) atoms. The topological polar surface area (TPSA) is 81.8 Å². The van der Waals surface area contributed by atoms with Gasteiger partial charge in [-0.05, 0) is 32.9 Å². The molecule has 3 rings (SSSR count). The Bertz CT molecular complexity index is 1210. The molecule has 0 saturated heterocycles. The van der Waals surface area contributed by atoms with Crippen molar-refractivity contribution in [2.75, 3.05) is 0 Å². The number of aliphatic imine (C=N–C) groups is 1. The summed E-state index contributed by atoms with van der Waals surface area (Å²) in [6, 6.07) is 18.7. The van der Waals surface area contributed by atoms with E-state index in [0.29, 0.717) is 29.0 Å². The van der Waals surface area contributed by atoms with E-state index in [1.807, 2.05) is 12.1 Å². The molecule has 0 aliphatic heterocycles. The van der Waals surface area contributed by atoms with Gasteiger partial charge in [-0.3, -0.25) is 15.1 Å². The van der Waals surface area contributed by atoms with Gasteiger partial charge in [0.25, 0.3) is 5.69 Å². The van der Waals surface area contributed by atoms with E-state index in [9.17, 15) is 28.1 Å². The van der Waals surface area contributed by atoms with Crippen LogP contribution in [-0.4, -0.2) is 28.2 Å². The second kappa shape index (κ2) is 10.7. The number of ether oxygens (including phenoxy) is 1. The Labute approximate surface area is 206 Å². The molecule has 0 aliphatic carbocycles. The first kappa shape index (κ1) is 26.6. The molecule has 0 bridgehead atoms. The zero-order chi connectivity index (χ0) is 26.5. The van der Waals surface area contributed by atoms with Crippen LogP contribution in [0.4, 0.5) is 18.9 Å². The molecule has 0 aliphatic rings. The lowest BCUT2D eigenvalue weighted by Crippen LogP contribution is -2.33. The molecule has 6 nitrogen and oxygen atoms in total. The minimum Gasteiger partial charge on any atom is -0.458 e. The Morgan fingerprint density at radius 2 is 1.47 bits per heavy atom. The molecule has 0 heterocycles. The van der Waals surface area contributed by atoms with E-state index in [1.165, 1.54) is 0 Å². The number of benzene rings is 3. The van der Waals surface area contributed by atoms with Gasteiger partial charge in [0.05, 0.1) is 16.2 Å². The van der Waals surface area contributed by atoms with Gasteiger partial charge >= 0.3 is 12.1 Å². The Balaban J connectivity index is 2.18. The monoisotopic (exact) mass is 498 g/mol. The molecule has 0 spiro atoms.